The largest absolute Gasteiger partial charge is 0.452 e. The summed E-state index contributed by atoms with van der Waals surface area (Å²) in [5, 5.41) is 2.68. The van der Waals surface area contributed by atoms with Crippen LogP contribution in [0.1, 0.15) is 56.5 Å². The van der Waals surface area contributed by atoms with Gasteiger partial charge in [0, 0.05) is 11.2 Å². The van der Waals surface area contributed by atoms with Crippen molar-refractivity contribution in [3.63, 3.8) is 0 Å². The van der Waals surface area contributed by atoms with Crippen LogP contribution in [0.2, 0.25) is 0 Å². The van der Waals surface area contributed by atoms with Gasteiger partial charge in [-0.05, 0) is 69.5 Å². The van der Waals surface area contributed by atoms with E-state index in [1.807, 2.05) is 32.9 Å². The average Bonchev–Trinajstić information content (AvgIpc) is 2.70. The van der Waals surface area contributed by atoms with Crippen LogP contribution in [0.15, 0.2) is 53.4 Å². The highest BCUT2D eigenvalue weighted by molar-refractivity contribution is 7.92. The number of sulfonamides is 1. The van der Waals surface area contributed by atoms with Crippen LogP contribution >= 0.6 is 0 Å². The number of carbonyl (C=O) groups is 2. The van der Waals surface area contributed by atoms with Gasteiger partial charge in [-0.15, -0.1) is 0 Å². The van der Waals surface area contributed by atoms with Crippen molar-refractivity contribution in [3.8, 4) is 0 Å². The standard InChI is InChI=1S/C23H30N2O5S/c1-5-6-8-17-11-13-19(14-12-17)25-31(28,29)20-10-7-9-18(15-20)22(27)30-16-21(26)24-23(2,3)4/h7,9-15,25H,5-6,8,16H2,1-4H3,(H,24,26). The summed E-state index contributed by atoms with van der Waals surface area (Å²) in [5.41, 5.74) is 1.18. The molecule has 0 aromatic heterocycles. The van der Waals surface area contributed by atoms with E-state index in [1.54, 1.807) is 12.1 Å². The number of hydrogen-bond donors (Lipinski definition) is 2. The molecule has 0 aliphatic rings. The third kappa shape index (κ3) is 8.05. The summed E-state index contributed by atoms with van der Waals surface area (Å²) < 4.78 is 33.0. The smallest absolute Gasteiger partial charge is 0.338 e. The summed E-state index contributed by atoms with van der Waals surface area (Å²) in [6.07, 6.45) is 3.11. The lowest BCUT2D eigenvalue weighted by Crippen LogP contribution is -2.42. The van der Waals surface area contributed by atoms with Crippen molar-refractivity contribution in [2.45, 2.75) is 57.4 Å². The van der Waals surface area contributed by atoms with Crippen molar-refractivity contribution in [1.29, 1.82) is 0 Å². The number of nitrogens with one attached hydrogen (secondary N) is 2. The first-order valence-corrected chi connectivity index (χ1v) is 11.7. The summed E-state index contributed by atoms with van der Waals surface area (Å²) in [6.45, 7) is 7.11. The Kier molecular flexibility index (Phi) is 8.21. The minimum atomic E-state index is -3.89. The van der Waals surface area contributed by atoms with Gasteiger partial charge in [0.15, 0.2) is 6.61 Å². The first-order valence-electron chi connectivity index (χ1n) is 10.2. The Bertz CT molecular complexity index is 1010. The molecule has 1 amide bonds. The molecule has 8 heteroatoms. The van der Waals surface area contributed by atoms with E-state index in [0.717, 1.165) is 24.8 Å². The fourth-order valence-corrected chi connectivity index (χ4v) is 3.90. The van der Waals surface area contributed by atoms with E-state index in [0.29, 0.717) is 5.69 Å². The fourth-order valence-electron chi connectivity index (χ4n) is 2.79. The van der Waals surface area contributed by atoms with Gasteiger partial charge in [0.25, 0.3) is 15.9 Å². The summed E-state index contributed by atoms with van der Waals surface area (Å²) in [7, 11) is -3.89. The molecule has 2 aromatic rings. The van der Waals surface area contributed by atoms with Crippen LogP contribution in [0.3, 0.4) is 0 Å². The minimum absolute atomic E-state index is 0.0429. The molecule has 0 unspecified atom stereocenters. The van der Waals surface area contributed by atoms with Gasteiger partial charge in [0.1, 0.15) is 0 Å². The molecule has 31 heavy (non-hydrogen) atoms. The van der Waals surface area contributed by atoms with Crippen LogP contribution in [0.25, 0.3) is 0 Å². The zero-order valence-corrected chi connectivity index (χ0v) is 19.2. The number of carbonyl (C=O) groups excluding carboxylic acids is 2. The highest BCUT2D eigenvalue weighted by Crippen LogP contribution is 2.19. The third-order valence-corrected chi connectivity index (χ3v) is 5.63. The van der Waals surface area contributed by atoms with Crippen molar-refractivity contribution in [3.05, 3.63) is 59.7 Å². The Morgan fingerprint density at radius 3 is 2.32 bits per heavy atom. The first kappa shape index (κ1) is 24.4. The number of anilines is 1. The maximum absolute atomic E-state index is 12.7. The number of benzene rings is 2. The van der Waals surface area contributed by atoms with Crippen molar-refractivity contribution in [2.75, 3.05) is 11.3 Å². The molecule has 0 aliphatic carbocycles. The number of ether oxygens (including phenoxy) is 1. The maximum Gasteiger partial charge on any atom is 0.338 e. The summed E-state index contributed by atoms with van der Waals surface area (Å²) in [4.78, 5) is 24.0. The van der Waals surface area contributed by atoms with E-state index in [2.05, 4.69) is 17.0 Å². The molecule has 7 nitrogen and oxygen atoms in total. The zero-order chi connectivity index (χ0) is 23.1. The summed E-state index contributed by atoms with van der Waals surface area (Å²) in [6, 6.07) is 12.7. The van der Waals surface area contributed by atoms with Crippen LogP contribution in [-0.4, -0.2) is 32.4 Å². The summed E-state index contributed by atoms with van der Waals surface area (Å²) >= 11 is 0. The Morgan fingerprint density at radius 1 is 1.03 bits per heavy atom. The maximum atomic E-state index is 12.7. The minimum Gasteiger partial charge on any atom is -0.452 e. The van der Waals surface area contributed by atoms with E-state index >= 15 is 0 Å². The first-order chi connectivity index (χ1) is 14.5. The van der Waals surface area contributed by atoms with Crippen LogP contribution in [0, 0.1) is 0 Å². The monoisotopic (exact) mass is 446 g/mol. The molecular weight excluding hydrogens is 416 g/mol. The Morgan fingerprint density at radius 2 is 1.71 bits per heavy atom. The molecule has 0 saturated carbocycles. The Balaban J connectivity index is 2.05. The number of hydrogen-bond acceptors (Lipinski definition) is 5. The molecule has 2 rings (SSSR count). The molecule has 0 heterocycles. The predicted octanol–water partition coefficient (Wildman–Crippen LogP) is 3.90. The van der Waals surface area contributed by atoms with Gasteiger partial charge >= 0.3 is 5.97 Å². The quantitative estimate of drug-likeness (QED) is 0.569. The van der Waals surface area contributed by atoms with Crippen LogP contribution < -0.4 is 10.0 Å². The lowest BCUT2D eigenvalue weighted by molar-refractivity contribution is -0.125. The molecular formula is C23H30N2O5S. The van der Waals surface area contributed by atoms with Gasteiger partial charge < -0.3 is 10.1 Å². The molecule has 168 valence electrons. The van der Waals surface area contributed by atoms with Gasteiger partial charge in [0.05, 0.1) is 10.5 Å². The lowest BCUT2D eigenvalue weighted by atomic mass is 10.1. The van der Waals surface area contributed by atoms with Crippen molar-refractivity contribution in [1.82, 2.24) is 5.32 Å². The molecule has 0 atom stereocenters. The molecule has 0 spiro atoms. The highest BCUT2D eigenvalue weighted by atomic mass is 32.2. The molecule has 0 bridgehead atoms. The SMILES string of the molecule is CCCCc1ccc(NS(=O)(=O)c2cccc(C(=O)OCC(=O)NC(C)(C)C)c2)cc1. The van der Waals surface area contributed by atoms with Crippen molar-refractivity contribution < 1.29 is 22.7 Å². The highest BCUT2D eigenvalue weighted by Gasteiger charge is 2.19. The predicted molar refractivity (Wildman–Crippen MR) is 120 cm³/mol. The number of esters is 1. The molecule has 2 N–H and O–H groups in total. The second-order valence-electron chi connectivity index (χ2n) is 8.31. The van der Waals surface area contributed by atoms with Gasteiger partial charge in [0.2, 0.25) is 0 Å². The molecule has 2 aromatic carbocycles. The molecule has 0 radical (unpaired) electrons. The van der Waals surface area contributed by atoms with Crippen molar-refractivity contribution >= 4 is 27.6 Å². The molecule has 0 fully saturated rings. The van der Waals surface area contributed by atoms with Crippen molar-refractivity contribution in [2.24, 2.45) is 0 Å². The average molecular weight is 447 g/mol. The van der Waals surface area contributed by atoms with E-state index in [1.165, 1.54) is 24.3 Å². The van der Waals surface area contributed by atoms with E-state index in [9.17, 15) is 18.0 Å². The van der Waals surface area contributed by atoms with E-state index in [-0.39, 0.29) is 10.5 Å². The lowest BCUT2D eigenvalue weighted by Gasteiger charge is -2.20. The Labute approximate surface area is 184 Å². The van der Waals surface area contributed by atoms with Gasteiger partial charge in [-0.25, -0.2) is 13.2 Å². The number of amides is 1. The van der Waals surface area contributed by atoms with Crippen LogP contribution in [0.5, 0.6) is 0 Å². The second kappa shape index (κ2) is 10.4. The molecule has 0 aliphatic heterocycles. The Hall–Kier alpha value is -2.87. The zero-order valence-electron chi connectivity index (χ0n) is 18.4. The fraction of sp³-hybridized carbons (Fsp3) is 0.391. The number of unbranched alkanes of at least 4 members (excludes halogenated alkanes) is 1. The normalized spacial score (nSPS) is 11.6. The van der Waals surface area contributed by atoms with E-state index in [4.69, 9.17) is 4.74 Å². The van der Waals surface area contributed by atoms with Crippen LogP contribution in [-0.2, 0) is 26.0 Å². The van der Waals surface area contributed by atoms with Crippen LogP contribution in [0.4, 0.5) is 5.69 Å². The second-order valence-corrected chi connectivity index (χ2v) is 9.99. The third-order valence-electron chi connectivity index (χ3n) is 4.25. The van der Waals surface area contributed by atoms with Gasteiger partial charge in [-0.3, -0.25) is 9.52 Å². The van der Waals surface area contributed by atoms with E-state index < -0.39 is 34.0 Å². The van der Waals surface area contributed by atoms with Gasteiger partial charge in [-0.2, -0.15) is 0 Å². The number of aryl methyl sites for hydroxylation is 1. The number of rotatable bonds is 9. The topological polar surface area (TPSA) is 102 Å². The molecule has 0 saturated heterocycles. The van der Waals surface area contributed by atoms with Gasteiger partial charge in [-0.1, -0.05) is 31.5 Å². The summed E-state index contributed by atoms with van der Waals surface area (Å²) in [5.74, 6) is -1.21.